The number of nitrogens with one attached hydrogen (secondary N) is 1. The lowest BCUT2D eigenvalue weighted by Crippen LogP contribution is -2.15. The molecule has 0 saturated heterocycles. The number of rotatable bonds is 5. The first-order chi connectivity index (χ1) is 10.4. The van der Waals surface area contributed by atoms with Crippen LogP contribution in [0.25, 0.3) is 0 Å². The zero-order chi connectivity index (χ0) is 16.3. The molecule has 1 N–H and O–H groups in total. The first-order valence-electron chi connectivity index (χ1n) is 7.48. The van der Waals surface area contributed by atoms with Crippen LogP contribution in [0.4, 0.5) is 10.1 Å². The van der Waals surface area contributed by atoms with Crippen LogP contribution in [-0.2, 0) is 7.05 Å². The van der Waals surface area contributed by atoms with Gasteiger partial charge in [-0.05, 0) is 29.9 Å². The molecule has 0 radical (unpaired) electrons. The van der Waals surface area contributed by atoms with Crippen molar-refractivity contribution in [2.24, 2.45) is 13.0 Å². The minimum atomic E-state index is -0.634. The molecule has 1 atom stereocenters. The minimum absolute atomic E-state index is 0.0474. The van der Waals surface area contributed by atoms with E-state index in [0.29, 0.717) is 11.8 Å². The Bertz CT molecular complexity index is 664. The average Bonchev–Trinajstić information content (AvgIpc) is 2.79. The molecule has 0 spiro atoms. The number of halogens is 1. The normalized spacial score (nSPS) is 12.5. The van der Waals surface area contributed by atoms with Crippen LogP contribution in [0.1, 0.15) is 49.0 Å². The van der Waals surface area contributed by atoms with Crippen molar-refractivity contribution in [2.75, 3.05) is 5.32 Å². The molecule has 22 heavy (non-hydrogen) atoms. The molecule has 0 aliphatic rings. The van der Waals surface area contributed by atoms with E-state index < -0.39 is 11.9 Å². The minimum Gasteiger partial charge on any atom is -0.322 e. The van der Waals surface area contributed by atoms with Gasteiger partial charge in [0.15, 0.2) is 0 Å². The van der Waals surface area contributed by atoms with Gasteiger partial charge in [0.05, 0.1) is 6.20 Å². The zero-order valence-electron chi connectivity index (χ0n) is 13.4. The van der Waals surface area contributed by atoms with Crippen molar-refractivity contribution in [3.05, 3.63) is 47.5 Å². The van der Waals surface area contributed by atoms with E-state index in [0.717, 1.165) is 22.4 Å². The van der Waals surface area contributed by atoms with Gasteiger partial charge in [-0.25, -0.2) is 4.68 Å². The van der Waals surface area contributed by atoms with Crippen LogP contribution < -0.4 is 5.32 Å². The highest BCUT2D eigenvalue weighted by molar-refractivity contribution is 6.04. The highest BCUT2D eigenvalue weighted by Gasteiger charge is 2.18. The van der Waals surface area contributed by atoms with Crippen molar-refractivity contribution >= 4 is 11.6 Å². The summed E-state index contributed by atoms with van der Waals surface area (Å²) in [7, 11) is 1.46. The fourth-order valence-electron chi connectivity index (χ4n) is 2.64. The molecule has 0 aliphatic carbocycles. The maximum absolute atomic E-state index is 13.8. The third-order valence-electron chi connectivity index (χ3n) is 3.68. The summed E-state index contributed by atoms with van der Waals surface area (Å²) < 4.78 is 14.8. The molecular formula is C17H22FN3O. The van der Waals surface area contributed by atoms with Gasteiger partial charge >= 0.3 is 0 Å². The summed E-state index contributed by atoms with van der Waals surface area (Å²) in [6.45, 7) is 6.47. The maximum atomic E-state index is 13.8. The first-order valence-corrected chi connectivity index (χ1v) is 7.48. The van der Waals surface area contributed by atoms with Gasteiger partial charge in [-0.3, -0.25) is 4.79 Å². The van der Waals surface area contributed by atoms with Crippen molar-refractivity contribution in [3.8, 4) is 0 Å². The van der Waals surface area contributed by atoms with E-state index in [-0.39, 0.29) is 5.56 Å². The van der Waals surface area contributed by atoms with E-state index in [1.54, 1.807) is 0 Å². The molecule has 118 valence electrons. The van der Waals surface area contributed by atoms with Crippen LogP contribution in [-0.4, -0.2) is 15.7 Å². The van der Waals surface area contributed by atoms with Crippen LogP contribution in [0.3, 0.4) is 0 Å². The van der Waals surface area contributed by atoms with Crippen molar-refractivity contribution in [1.29, 1.82) is 0 Å². The van der Waals surface area contributed by atoms with Crippen molar-refractivity contribution < 1.29 is 9.18 Å². The van der Waals surface area contributed by atoms with E-state index in [2.05, 4.69) is 31.2 Å². The second-order valence-electron chi connectivity index (χ2n) is 6.04. The smallest absolute Gasteiger partial charge is 0.261 e. The van der Waals surface area contributed by atoms with E-state index in [9.17, 15) is 9.18 Å². The first kappa shape index (κ1) is 16.2. The second-order valence-corrected chi connectivity index (χ2v) is 6.04. The summed E-state index contributed by atoms with van der Waals surface area (Å²) in [6.07, 6.45) is 2.26. The highest BCUT2D eigenvalue weighted by Crippen LogP contribution is 2.29. The Morgan fingerprint density at radius 1 is 1.32 bits per heavy atom. The molecule has 1 amide bonds. The molecule has 0 fully saturated rings. The number of carbonyl (C=O) groups is 1. The SMILES string of the molecule is CC(C)CC(C)c1ccccc1NC(=O)c1cnn(C)c1F. The topological polar surface area (TPSA) is 46.9 Å². The molecule has 0 aliphatic heterocycles. The predicted octanol–water partition coefficient (Wildman–Crippen LogP) is 3.96. The van der Waals surface area contributed by atoms with Crippen molar-refractivity contribution in [3.63, 3.8) is 0 Å². The van der Waals surface area contributed by atoms with Gasteiger partial charge in [-0.1, -0.05) is 39.0 Å². The number of aryl methyl sites for hydroxylation is 1. The van der Waals surface area contributed by atoms with Crippen LogP contribution in [0.5, 0.6) is 0 Å². The molecule has 1 aromatic carbocycles. The van der Waals surface area contributed by atoms with Crippen molar-refractivity contribution in [1.82, 2.24) is 9.78 Å². The van der Waals surface area contributed by atoms with Gasteiger partial charge in [0, 0.05) is 12.7 Å². The third-order valence-corrected chi connectivity index (χ3v) is 3.68. The molecular weight excluding hydrogens is 281 g/mol. The lowest BCUT2D eigenvalue weighted by Gasteiger charge is -2.18. The van der Waals surface area contributed by atoms with Gasteiger partial charge < -0.3 is 5.32 Å². The summed E-state index contributed by atoms with van der Waals surface area (Å²) in [6, 6.07) is 7.66. The fraction of sp³-hybridized carbons (Fsp3) is 0.412. The van der Waals surface area contributed by atoms with Gasteiger partial charge in [0.2, 0.25) is 5.95 Å². The summed E-state index contributed by atoms with van der Waals surface area (Å²) in [5.74, 6) is -0.232. The number of nitrogens with zero attached hydrogens (tertiary/aromatic N) is 2. The average molecular weight is 303 g/mol. The van der Waals surface area contributed by atoms with E-state index in [4.69, 9.17) is 0 Å². The molecule has 5 heteroatoms. The Labute approximate surface area is 130 Å². The van der Waals surface area contributed by atoms with Crippen LogP contribution in [0, 0.1) is 11.9 Å². The molecule has 0 saturated carbocycles. The Morgan fingerprint density at radius 3 is 2.59 bits per heavy atom. The number of aromatic nitrogens is 2. The molecule has 1 heterocycles. The fourth-order valence-corrected chi connectivity index (χ4v) is 2.64. The summed E-state index contributed by atoms with van der Waals surface area (Å²) in [4.78, 5) is 12.2. The summed E-state index contributed by atoms with van der Waals surface area (Å²) in [5.41, 5.74) is 1.74. The molecule has 4 nitrogen and oxygen atoms in total. The summed E-state index contributed by atoms with van der Waals surface area (Å²) >= 11 is 0. The van der Waals surface area contributed by atoms with Crippen LogP contribution in [0.2, 0.25) is 0 Å². The quantitative estimate of drug-likeness (QED) is 0.908. The van der Waals surface area contributed by atoms with E-state index in [1.807, 2.05) is 24.3 Å². The molecule has 0 bridgehead atoms. The Hall–Kier alpha value is -2.17. The standard InChI is InChI=1S/C17H22FN3O/c1-11(2)9-12(3)13-7-5-6-8-15(13)20-17(22)14-10-19-21(4)16(14)18/h5-8,10-12H,9H2,1-4H3,(H,20,22). The highest BCUT2D eigenvalue weighted by atomic mass is 19.1. The molecule has 1 aromatic heterocycles. The van der Waals surface area contributed by atoms with E-state index >= 15 is 0 Å². The number of hydrogen-bond donors (Lipinski definition) is 1. The number of amides is 1. The number of hydrogen-bond acceptors (Lipinski definition) is 2. The van der Waals surface area contributed by atoms with Crippen LogP contribution in [0.15, 0.2) is 30.5 Å². The Kier molecular flexibility index (Phi) is 4.96. The summed E-state index contributed by atoms with van der Waals surface area (Å²) in [5, 5.41) is 6.56. The van der Waals surface area contributed by atoms with Gasteiger partial charge in [-0.2, -0.15) is 9.49 Å². The maximum Gasteiger partial charge on any atom is 0.261 e. The predicted molar refractivity (Wildman–Crippen MR) is 85.4 cm³/mol. The number of carbonyl (C=O) groups excluding carboxylic acids is 1. The second kappa shape index (κ2) is 6.73. The number of anilines is 1. The van der Waals surface area contributed by atoms with Gasteiger partial charge in [0.1, 0.15) is 5.56 Å². The molecule has 2 rings (SSSR count). The lowest BCUT2D eigenvalue weighted by atomic mass is 9.91. The Balaban J connectivity index is 2.23. The van der Waals surface area contributed by atoms with E-state index in [1.165, 1.54) is 13.2 Å². The molecule has 1 unspecified atom stereocenters. The number of para-hydroxylation sites is 1. The lowest BCUT2D eigenvalue weighted by molar-refractivity contribution is 0.102. The number of benzene rings is 1. The Morgan fingerprint density at radius 2 is 2.00 bits per heavy atom. The van der Waals surface area contributed by atoms with Gasteiger partial charge in [-0.15, -0.1) is 0 Å². The monoisotopic (exact) mass is 303 g/mol. The zero-order valence-corrected chi connectivity index (χ0v) is 13.4. The van der Waals surface area contributed by atoms with Crippen LogP contribution >= 0.6 is 0 Å². The van der Waals surface area contributed by atoms with Gasteiger partial charge in [0.25, 0.3) is 5.91 Å². The largest absolute Gasteiger partial charge is 0.322 e. The third kappa shape index (κ3) is 3.53. The molecule has 2 aromatic rings. The van der Waals surface area contributed by atoms with Crippen molar-refractivity contribution in [2.45, 2.75) is 33.1 Å².